The van der Waals surface area contributed by atoms with Crippen molar-refractivity contribution in [3.05, 3.63) is 70.4 Å². The summed E-state index contributed by atoms with van der Waals surface area (Å²) in [6.07, 6.45) is 0. The van der Waals surface area contributed by atoms with Crippen LogP contribution in [0.4, 0.5) is 23.1 Å². The number of nitrogens with one attached hydrogen (secondary N) is 2. The van der Waals surface area contributed by atoms with E-state index in [2.05, 4.69) is 53.5 Å². The lowest BCUT2D eigenvalue weighted by Crippen LogP contribution is -2.09. The molecular weight excluding hydrogens is 364 g/mol. The predicted octanol–water partition coefficient (Wildman–Crippen LogP) is 5.37. The summed E-state index contributed by atoms with van der Waals surface area (Å²) < 4.78 is 5.14. The molecule has 0 unspecified atom stereocenters. The minimum absolute atomic E-state index is 0.323. The maximum absolute atomic E-state index is 12.2. The fourth-order valence-electron chi connectivity index (χ4n) is 3.29. The molecule has 150 valence electrons. The molecule has 0 bridgehead atoms. The molecule has 3 rings (SSSR count). The molecule has 1 aromatic heterocycles. The van der Waals surface area contributed by atoms with Crippen molar-refractivity contribution in [1.29, 1.82) is 0 Å². The van der Waals surface area contributed by atoms with Crippen molar-refractivity contribution in [2.24, 2.45) is 0 Å². The first-order valence-corrected chi connectivity index (χ1v) is 9.61. The molecule has 0 aliphatic rings. The summed E-state index contributed by atoms with van der Waals surface area (Å²) in [5, 5.41) is 6.56. The van der Waals surface area contributed by atoms with Gasteiger partial charge in [0.25, 0.3) is 0 Å². The lowest BCUT2D eigenvalue weighted by molar-refractivity contribution is 0.0527. The van der Waals surface area contributed by atoms with Gasteiger partial charge in [-0.3, -0.25) is 0 Å². The van der Waals surface area contributed by atoms with Crippen LogP contribution in [0.3, 0.4) is 0 Å². The van der Waals surface area contributed by atoms with Crippen molar-refractivity contribution in [3.63, 3.8) is 0 Å². The first-order valence-electron chi connectivity index (χ1n) is 9.61. The highest BCUT2D eigenvalue weighted by Crippen LogP contribution is 2.26. The Hall–Kier alpha value is -3.41. The monoisotopic (exact) mass is 390 g/mol. The minimum Gasteiger partial charge on any atom is -0.462 e. The molecule has 2 aromatic carbocycles. The number of para-hydroxylation sites is 1. The smallest absolute Gasteiger partial charge is 0.340 e. The fraction of sp³-hybridized carbons (Fsp3) is 0.261. The van der Waals surface area contributed by atoms with Gasteiger partial charge in [0.1, 0.15) is 5.82 Å². The van der Waals surface area contributed by atoms with Gasteiger partial charge in [-0.15, -0.1) is 0 Å². The van der Waals surface area contributed by atoms with Gasteiger partial charge in [-0.05, 0) is 57.9 Å². The Morgan fingerprint density at radius 3 is 2.34 bits per heavy atom. The van der Waals surface area contributed by atoms with Gasteiger partial charge < -0.3 is 15.4 Å². The molecule has 6 heteroatoms. The fourth-order valence-corrected chi connectivity index (χ4v) is 3.29. The second kappa shape index (κ2) is 8.73. The molecule has 29 heavy (non-hydrogen) atoms. The number of hydrogen-bond donors (Lipinski definition) is 2. The van der Waals surface area contributed by atoms with Gasteiger partial charge in [-0.2, -0.15) is 4.98 Å². The topological polar surface area (TPSA) is 76.1 Å². The van der Waals surface area contributed by atoms with Crippen molar-refractivity contribution in [3.8, 4) is 0 Å². The van der Waals surface area contributed by atoms with Gasteiger partial charge >= 0.3 is 5.97 Å². The largest absolute Gasteiger partial charge is 0.462 e. The maximum atomic E-state index is 12.2. The summed E-state index contributed by atoms with van der Waals surface area (Å²) in [6.45, 7) is 10.2. The second-order valence-corrected chi connectivity index (χ2v) is 7.01. The zero-order valence-electron chi connectivity index (χ0n) is 17.5. The van der Waals surface area contributed by atoms with Crippen LogP contribution in [0.2, 0.25) is 0 Å². The SMILES string of the molecule is CCOC(=O)c1ccccc1Nc1cc(C)nc(Nc2c(C)cc(C)cc2C)n1. The number of esters is 1. The third-order valence-corrected chi connectivity index (χ3v) is 4.45. The van der Waals surface area contributed by atoms with Crippen molar-refractivity contribution < 1.29 is 9.53 Å². The molecule has 6 nitrogen and oxygen atoms in total. The highest BCUT2D eigenvalue weighted by molar-refractivity contribution is 5.96. The summed E-state index contributed by atoms with van der Waals surface area (Å²) in [7, 11) is 0. The van der Waals surface area contributed by atoms with E-state index in [1.165, 1.54) is 5.56 Å². The Labute approximate surface area is 171 Å². The molecule has 0 aliphatic heterocycles. The normalized spacial score (nSPS) is 10.5. The van der Waals surface area contributed by atoms with Crippen molar-refractivity contribution in [1.82, 2.24) is 9.97 Å². The van der Waals surface area contributed by atoms with E-state index in [1.807, 2.05) is 25.1 Å². The number of carbonyl (C=O) groups is 1. The van der Waals surface area contributed by atoms with Crippen LogP contribution in [0.5, 0.6) is 0 Å². The molecular formula is C23H26N4O2. The average Bonchev–Trinajstić information content (AvgIpc) is 2.65. The van der Waals surface area contributed by atoms with Crippen LogP contribution in [0.25, 0.3) is 0 Å². The third kappa shape index (κ3) is 4.90. The van der Waals surface area contributed by atoms with Gasteiger partial charge in [0.15, 0.2) is 0 Å². The lowest BCUT2D eigenvalue weighted by Gasteiger charge is -2.15. The Kier molecular flexibility index (Phi) is 6.12. The summed E-state index contributed by atoms with van der Waals surface area (Å²) in [4.78, 5) is 21.3. The van der Waals surface area contributed by atoms with Crippen LogP contribution in [0, 0.1) is 27.7 Å². The first kappa shape index (κ1) is 20.3. The zero-order chi connectivity index (χ0) is 21.0. The summed E-state index contributed by atoms with van der Waals surface area (Å²) in [5.41, 5.74) is 6.39. The van der Waals surface area contributed by atoms with Gasteiger partial charge in [-0.25, -0.2) is 9.78 Å². The Bertz CT molecular complexity index is 1020. The van der Waals surface area contributed by atoms with Gasteiger partial charge in [0.2, 0.25) is 5.95 Å². The number of ether oxygens (including phenoxy) is 1. The number of hydrogen-bond acceptors (Lipinski definition) is 6. The lowest BCUT2D eigenvalue weighted by atomic mass is 10.1. The molecule has 1 heterocycles. The first-order chi connectivity index (χ1) is 13.9. The molecule has 2 N–H and O–H groups in total. The van der Waals surface area contributed by atoms with Gasteiger partial charge in [-0.1, -0.05) is 29.8 Å². The third-order valence-electron chi connectivity index (χ3n) is 4.45. The number of carbonyl (C=O) groups excluding carboxylic acids is 1. The van der Waals surface area contributed by atoms with E-state index >= 15 is 0 Å². The van der Waals surface area contributed by atoms with E-state index in [-0.39, 0.29) is 5.97 Å². The van der Waals surface area contributed by atoms with Crippen LogP contribution in [-0.2, 0) is 4.74 Å². The molecule has 0 saturated heterocycles. The summed E-state index contributed by atoms with van der Waals surface area (Å²) >= 11 is 0. The van der Waals surface area contributed by atoms with E-state index in [0.29, 0.717) is 29.6 Å². The standard InChI is InChI=1S/C23H26N4O2/c1-6-29-22(28)18-9-7-8-10-19(18)25-20-13-17(5)24-23(26-20)27-21-15(3)11-14(2)12-16(21)4/h7-13H,6H2,1-5H3,(H2,24,25,26,27). The molecule has 0 fully saturated rings. The number of benzene rings is 2. The molecule has 0 atom stereocenters. The number of anilines is 4. The van der Waals surface area contributed by atoms with Crippen LogP contribution >= 0.6 is 0 Å². The van der Waals surface area contributed by atoms with Gasteiger partial charge in [0, 0.05) is 17.4 Å². The van der Waals surface area contributed by atoms with Crippen LogP contribution in [0.15, 0.2) is 42.5 Å². The highest BCUT2D eigenvalue weighted by atomic mass is 16.5. The molecule has 0 spiro atoms. The number of aryl methyl sites for hydroxylation is 4. The number of aromatic nitrogens is 2. The summed E-state index contributed by atoms with van der Waals surface area (Å²) in [6, 6.07) is 13.3. The van der Waals surface area contributed by atoms with E-state index in [1.54, 1.807) is 19.1 Å². The minimum atomic E-state index is -0.370. The van der Waals surface area contributed by atoms with Crippen LogP contribution in [-0.4, -0.2) is 22.5 Å². The van der Waals surface area contributed by atoms with E-state index < -0.39 is 0 Å². The quantitative estimate of drug-likeness (QED) is 0.551. The Morgan fingerprint density at radius 1 is 0.966 bits per heavy atom. The maximum Gasteiger partial charge on any atom is 0.340 e. The van der Waals surface area contributed by atoms with Crippen LogP contribution < -0.4 is 10.6 Å². The van der Waals surface area contributed by atoms with Gasteiger partial charge in [0.05, 0.1) is 17.9 Å². The molecule has 0 radical (unpaired) electrons. The number of nitrogens with zero attached hydrogens (tertiary/aromatic N) is 2. The van der Waals surface area contributed by atoms with E-state index in [9.17, 15) is 4.79 Å². The Morgan fingerprint density at radius 2 is 1.66 bits per heavy atom. The molecule has 3 aromatic rings. The van der Waals surface area contributed by atoms with E-state index in [4.69, 9.17) is 4.74 Å². The predicted molar refractivity (Wildman–Crippen MR) is 116 cm³/mol. The van der Waals surface area contributed by atoms with E-state index in [0.717, 1.165) is 22.5 Å². The number of rotatable bonds is 6. The second-order valence-electron chi connectivity index (χ2n) is 7.01. The molecule has 0 aliphatic carbocycles. The van der Waals surface area contributed by atoms with Crippen molar-refractivity contribution in [2.75, 3.05) is 17.2 Å². The average molecular weight is 390 g/mol. The van der Waals surface area contributed by atoms with Crippen molar-refractivity contribution >= 4 is 29.1 Å². The van der Waals surface area contributed by atoms with Crippen molar-refractivity contribution in [2.45, 2.75) is 34.6 Å². The van der Waals surface area contributed by atoms with Crippen LogP contribution in [0.1, 0.15) is 39.7 Å². The zero-order valence-corrected chi connectivity index (χ0v) is 17.5. The summed E-state index contributed by atoms with van der Waals surface area (Å²) in [5.74, 6) is 0.723. The molecule has 0 amide bonds. The molecule has 0 saturated carbocycles. The Balaban J connectivity index is 1.91. The highest BCUT2D eigenvalue weighted by Gasteiger charge is 2.13.